The van der Waals surface area contributed by atoms with Gasteiger partial charge in [-0.3, -0.25) is 9.36 Å². The molecule has 2 aromatic heterocycles. The Morgan fingerprint density at radius 1 is 1.25 bits per heavy atom. The number of benzene rings is 1. The van der Waals surface area contributed by atoms with Crippen LogP contribution in [0.5, 0.6) is 0 Å². The number of aryl methyl sites for hydroxylation is 2. The minimum Gasteiger partial charge on any atom is -0.268 e. The summed E-state index contributed by atoms with van der Waals surface area (Å²) in [7, 11) is 0. The fourth-order valence-corrected chi connectivity index (χ4v) is 4.78. The SMILES string of the molecule is CCCc1sc2nc(SCC)n(-c3ccc(F)cc3)c(=O)c2c1C. The summed E-state index contributed by atoms with van der Waals surface area (Å²) in [6.45, 7) is 6.15. The fraction of sp³-hybridized carbons (Fsp3) is 0.333. The summed E-state index contributed by atoms with van der Waals surface area (Å²) in [5.74, 6) is 0.494. The second-order valence-corrected chi connectivity index (χ2v) is 7.84. The van der Waals surface area contributed by atoms with Crippen molar-refractivity contribution in [1.82, 2.24) is 9.55 Å². The molecule has 0 N–H and O–H groups in total. The lowest BCUT2D eigenvalue weighted by atomic mass is 10.1. The quantitative estimate of drug-likeness (QED) is 0.475. The summed E-state index contributed by atoms with van der Waals surface area (Å²) >= 11 is 3.13. The van der Waals surface area contributed by atoms with E-state index in [0.717, 1.165) is 29.0 Å². The monoisotopic (exact) mass is 362 g/mol. The maximum Gasteiger partial charge on any atom is 0.267 e. The maximum atomic E-state index is 13.3. The molecule has 1 aromatic carbocycles. The molecule has 24 heavy (non-hydrogen) atoms. The van der Waals surface area contributed by atoms with Crippen LogP contribution in [0.1, 0.15) is 30.7 Å². The van der Waals surface area contributed by atoms with Gasteiger partial charge in [-0.1, -0.05) is 32.0 Å². The highest BCUT2D eigenvalue weighted by Gasteiger charge is 2.18. The molecule has 3 aromatic rings. The van der Waals surface area contributed by atoms with E-state index in [2.05, 4.69) is 6.92 Å². The zero-order valence-corrected chi connectivity index (χ0v) is 15.6. The van der Waals surface area contributed by atoms with Gasteiger partial charge in [-0.25, -0.2) is 9.37 Å². The Bertz CT molecular complexity index is 929. The number of aromatic nitrogens is 2. The minimum absolute atomic E-state index is 0.0707. The summed E-state index contributed by atoms with van der Waals surface area (Å²) in [5, 5.41) is 1.35. The highest BCUT2D eigenvalue weighted by atomic mass is 32.2. The first kappa shape index (κ1) is 17.2. The van der Waals surface area contributed by atoms with Gasteiger partial charge in [-0.05, 0) is 48.9 Å². The van der Waals surface area contributed by atoms with E-state index in [1.165, 1.54) is 28.8 Å². The van der Waals surface area contributed by atoms with Crippen LogP contribution in [0.15, 0.2) is 34.2 Å². The average molecular weight is 362 g/mol. The molecule has 0 unspecified atom stereocenters. The predicted octanol–water partition coefficient (Wildman–Crippen LogP) is 4.96. The number of fused-ring (bicyclic) bond motifs is 1. The van der Waals surface area contributed by atoms with Gasteiger partial charge in [-0.2, -0.15) is 0 Å². The van der Waals surface area contributed by atoms with E-state index in [9.17, 15) is 9.18 Å². The van der Waals surface area contributed by atoms with E-state index in [4.69, 9.17) is 4.98 Å². The van der Waals surface area contributed by atoms with Crippen molar-refractivity contribution in [2.75, 3.05) is 5.75 Å². The molecule has 0 radical (unpaired) electrons. The van der Waals surface area contributed by atoms with Crippen molar-refractivity contribution >= 4 is 33.3 Å². The van der Waals surface area contributed by atoms with Crippen LogP contribution >= 0.6 is 23.1 Å². The molecular weight excluding hydrogens is 343 g/mol. The van der Waals surface area contributed by atoms with Crippen molar-refractivity contribution in [3.8, 4) is 5.69 Å². The fourth-order valence-electron chi connectivity index (χ4n) is 2.72. The highest BCUT2D eigenvalue weighted by molar-refractivity contribution is 7.99. The Morgan fingerprint density at radius 2 is 1.96 bits per heavy atom. The van der Waals surface area contributed by atoms with Crippen LogP contribution in [-0.2, 0) is 6.42 Å². The van der Waals surface area contributed by atoms with Crippen molar-refractivity contribution in [1.29, 1.82) is 0 Å². The number of rotatable bonds is 5. The van der Waals surface area contributed by atoms with Crippen molar-refractivity contribution in [3.63, 3.8) is 0 Å². The van der Waals surface area contributed by atoms with Gasteiger partial charge < -0.3 is 0 Å². The molecule has 126 valence electrons. The number of hydrogen-bond donors (Lipinski definition) is 0. The smallest absolute Gasteiger partial charge is 0.267 e. The summed E-state index contributed by atoms with van der Waals surface area (Å²) in [4.78, 5) is 19.9. The molecule has 0 aliphatic carbocycles. The summed E-state index contributed by atoms with van der Waals surface area (Å²) in [6, 6.07) is 5.99. The predicted molar refractivity (Wildman–Crippen MR) is 100 cm³/mol. The average Bonchev–Trinajstić information content (AvgIpc) is 2.86. The summed E-state index contributed by atoms with van der Waals surface area (Å²) in [6.07, 6.45) is 2.00. The van der Waals surface area contributed by atoms with Crippen LogP contribution in [0, 0.1) is 12.7 Å². The molecule has 0 aliphatic heterocycles. The van der Waals surface area contributed by atoms with Crippen molar-refractivity contribution in [3.05, 3.63) is 50.9 Å². The van der Waals surface area contributed by atoms with Crippen molar-refractivity contribution in [2.24, 2.45) is 0 Å². The van der Waals surface area contributed by atoms with E-state index in [1.807, 2.05) is 13.8 Å². The van der Waals surface area contributed by atoms with Crippen LogP contribution < -0.4 is 5.56 Å². The Morgan fingerprint density at radius 3 is 2.58 bits per heavy atom. The van der Waals surface area contributed by atoms with Gasteiger partial charge in [0.15, 0.2) is 5.16 Å². The van der Waals surface area contributed by atoms with E-state index in [0.29, 0.717) is 16.2 Å². The highest BCUT2D eigenvalue weighted by Crippen LogP contribution is 2.31. The summed E-state index contributed by atoms with van der Waals surface area (Å²) < 4.78 is 14.9. The molecule has 6 heteroatoms. The first-order chi connectivity index (χ1) is 11.6. The largest absolute Gasteiger partial charge is 0.268 e. The molecule has 0 atom stereocenters. The van der Waals surface area contributed by atoms with Gasteiger partial charge in [0.25, 0.3) is 5.56 Å². The number of halogens is 1. The zero-order chi connectivity index (χ0) is 17.3. The second-order valence-electron chi connectivity index (χ2n) is 5.52. The molecular formula is C18H19FN2OS2. The molecule has 0 fully saturated rings. The number of hydrogen-bond acceptors (Lipinski definition) is 4. The van der Waals surface area contributed by atoms with E-state index in [1.54, 1.807) is 28.0 Å². The third kappa shape index (κ3) is 3.00. The molecule has 3 nitrogen and oxygen atoms in total. The molecule has 0 saturated carbocycles. The molecule has 3 rings (SSSR count). The molecule has 0 amide bonds. The Hall–Kier alpha value is -1.66. The minimum atomic E-state index is -0.317. The Kier molecular flexibility index (Phi) is 5.06. The van der Waals surface area contributed by atoms with Crippen LogP contribution in [0.25, 0.3) is 15.9 Å². The van der Waals surface area contributed by atoms with E-state index in [-0.39, 0.29) is 11.4 Å². The lowest BCUT2D eigenvalue weighted by Crippen LogP contribution is -2.21. The van der Waals surface area contributed by atoms with Gasteiger partial charge in [0.2, 0.25) is 0 Å². The third-order valence-corrected chi connectivity index (χ3v) is 5.93. The zero-order valence-electron chi connectivity index (χ0n) is 13.9. The van der Waals surface area contributed by atoms with E-state index >= 15 is 0 Å². The van der Waals surface area contributed by atoms with Crippen molar-refractivity contribution in [2.45, 2.75) is 38.8 Å². The molecule has 0 aliphatic rings. The topological polar surface area (TPSA) is 34.9 Å². The number of nitrogens with zero attached hydrogens (tertiary/aromatic N) is 2. The Labute approximate surface area is 148 Å². The van der Waals surface area contributed by atoms with Gasteiger partial charge in [-0.15, -0.1) is 11.3 Å². The van der Waals surface area contributed by atoms with Crippen LogP contribution in [0.4, 0.5) is 4.39 Å². The van der Waals surface area contributed by atoms with Crippen LogP contribution in [-0.4, -0.2) is 15.3 Å². The van der Waals surface area contributed by atoms with Crippen LogP contribution in [0.2, 0.25) is 0 Å². The van der Waals surface area contributed by atoms with E-state index < -0.39 is 0 Å². The molecule has 0 spiro atoms. The first-order valence-corrected chi connectivity index (χ1v) is 9.80. The van der Waals surface area contributed by atoms with Gasteiger partial charge in [0.1, 0.15) is 10.6 Å². The van der Waals surface area contributed by atoms with Gasteiger partial charge >= 0.3 is 0 Å². The molecule has 2 heterocycles. The van der Waals surface area contributed by atoms with Gasteiger partial charge in [0.05, 0.1) is 11.1 Å². The standard InChI is InChI=1S/C18H19FN2OS2/c1-4-6-14-11(3)15-16(24-14)20-18(23-5-2)21(17(15)22)13-9-7-12(19)8-10-13/h7-10H,4-6H2,1-3H3. The molecule has 0 bridgehead atoms. The summed E-state index contributed by atoms with van der Waals surface area (Å²) in [5.41, 5.74) is 1.60. The number of thiophene rings is 1. The van der Waals surface area contributed by atoms with Crippen molar-refractivity contribution < 1.29 is 4.39 Å². The first-order valence-electron chi connectivity index (χ1n) is 8.00. The Balaban J connectivity index is 2.31. The molecule has 0 saturated heterocycles. The normalized spacial score (nSPS) is 11.3. The lowest BCUT2D eigenvalue weighted by molar-refractivity contribution is 0.627. The van der Waals surface area contributed by atoms with Crippen LogP contribution in [0.3, 0.4) is 0 Å². The number of thioether (sulfide) groups is 1. The lowest BCUT2D eigenvalue weighted by Gasteiger charge is -2.11. The third-order valence-electron chi connectivity index (χ3n) is 3.87. The second kappa shape index (κ2) is 7.07. The maximum absolute atomic E-state index is 13.3. The van der Waals surface area contributed by atoms with Gasteiger partial charge in [0, 0.05) is 4.88 Å².